The van der Waals surface area contributed by atoms with Crippen LogP contribution in [-0.2, 0) is 0 Å². The third kappa shape index (κ3) is 2.68. The van der Waals surface area contributed by atoms with E-state index in [4.69, 9.17) is 0 Å². The van der Waals surface area contributed by atoms with Crippen molar-refractivity contribution in [2.45, 2.75) is 12.3 Å². The minimum atomic E-state index is -0.686. The predicted octanol–water partition coefficient (Wildman–Crippen LogP) is 0.220. The van der Waals surface area contributed by atoms with Crippen LogP contribution < -0.4 is 16.0 Å². The second-order valence-electron chi connectivity index (χ2n) is 3.68. The molecule has 86 valence electrons. The van der Waals surface area contributed by atoms with Crippen LogP contribution in [0.4, 0.5) is 5.69 Å². The van der Waals surface area contributed by atoms with Crippen molar-refractivity contribution >= 4 is 5.69 Å². The third-order valence-corrected chi connectivity index (χ3v) is 2.48. The average Bonchev–Trinajstić information content (AvgIpc) is 2.31. The summed E-state index contributed by atoms with van der Waals surface area (Å²) >= 11 is 0. The molecule has 6 heteroatoms. The Bertz CT molecular complexity index is 349. The zero-order valence-corrected chi connectivity index (χ0v) is 8.72. The molecule has 0 amide bonds. The highest BCUT2D eigenvalue weighted by Gasteiger charge is 2.26. The van der Waals surface area contributed by atoms with E-state index in [0.717, 1.165) is 5.69 Å². The summed E-state index contributed by atoms with van der Waals surface area (Å²) in [6.07, 6.45) is -0.660. The summed E-state index contributed by atoms with van der Waals surface area (Å²) in [7, 11) is 0. The second kappa shape index (κ2) is 4.91. The average molecular weight is 222 g/mol. The molecule has 16 heavy (non-hydrogen) atoms. The summed E-state index contributed by atoms with van der Waals surface area (Å²) in [6, 6.07) is 9.75. The zero-order valence-electron chi connectivity index (χ0n) is 8.72. The van der Waals surface area contributed by atoms with E-state index in [2.05, 4.69) is 16.0 Å². The van der Waals surface area contributed by atoms with Crippen LogP contribution in [0, 0.1) is 10.1 Å². The van der Waals surface area contributed by atoms with Crippen LogP contribution in [-0.4, -0.2) is 30.3 Å². The van der Waals surface area contributed by atoms with Gasteiger partial charge >= 0.3 is 0 Å². The van der Waals surface area contributed by atoms with Crippen molar-refractivity contribution in [2.24, 2.45) is 0 Å². The van der Waals surface area contributed by atoms with Crippen LogP contribution in [0.1, 0.15) is 0 Å². The molecule has 2 rings (SSSR count). The van der Waals surface area contributed by atoms with Gasteiger partial charge in [-0.25, -0.2) is 5.32 Å². The molecule has 0 bridgehead atoms. The molecule has 1 aliphatic rings. The fraction of sp³-hybridized carbons (Fsp3) is 0.400. The number of nitrogens with zero attached hydrogens (tertiary/aromatic N) is 1. The maximum atomic E-state index is 10.5. The molecule has 1 fully saturated rings. The summed E-state index contributed by atoms with van der Waals surface area (Å²) < 4.78 is 0. The van der Waals surface area contributed by atoms with E-state index in [0.29, 0.717) is 13.1 Å². The Labute approximate surface area is 93.2 Å². The third-order valence-electron chi connectivity index (χ3n) is 2.48. The number of benzene rings is 1. The minimum Gasteiger partial charge on any atom is -0.369 e. The quantitative estimate of drug-likeness (QED) is 0.503. The van der Waals surface area contributed by atoms with Gasteiger partial charge in [-0.3, -0.25) is 15.4 Å². The van der Waals surface area contributed by atoms with Gasteiger partial charge in [0.2, 0.25) is 0 Å². The van der Waals surface area contributed by atoms with E-state index in [1.165, 1.54) is 0 Å². The Morgan fingerprint density at radius 2 is 2.00 bits per heavy atom. The lowest BCUT2D eigenvalue weighted by Gasteiger charge is -2.28. The number of hydrogen-bond donors (Lipinski definition) is 3. The predicted molar refractivity (Wildman–Crippen MR) is 60.6 cm³/mol. The highest BCUT2D eigenvalue weighted by molar-refractivity contribution is 5.43. The summed E-state index contributed by atoms with van der Waals surface area (Å²) in [5.41, 5.74) is 1.00. The normalized spacial score (nSPS) is 25.0. The molecule has 0 aliphatic carbocycles. The lowest BCUT2D eigenvalue weighted by molar-refractivity contribution is -0.529. The lowest BCUT2D eigenvalue weighted by Crippen LogP contribution is -2.59. The first-order chi connectivity index (χ1) is 7.75. The molecular formula is C10H14N4O2. The number of piperazine rings is 1. The Morgan fingerprint density at radius 3 is 2.56 bits per heavy atom. The SMILES string of the molecule is O=[N+]([O-])C1CNC(Nc2ccccc2)CN1. The molecule has 0 saturated carbocycles. The van der Waals surface area contributed by atoms with Crippen molar-refractivity contribution in [2.75, 3.05) is 18.4 Å². The molecule has 0 aromatic heterocycles. The zero-order chi connectivity index (χ0) is 11.4. The first-order valence-electron chi connectivity index (χ1n) is 5.17. The van der Waals surface area contributed by atoms with Crippen LogP contribution in [0.3, 0.4) is 0 Å². The van der Waals surface area contributed by atoms with Gasteiger partial charge in [-0.15, -0.1) is 0 Å². The van der Waals surface area contributed by atoms with Crippen molar-refractivity contribution in [3.8, 4) is 0 Å². The number of anilines is 1. The summed E-state index contributed by atoms with van der Waals surface area (Å²) in [5, 5.41) is 19.7. The highest BCUT2D eigenvalue weighted by Crippen LogP contribution is 2.07. The summed E-state index contributed by atoms with van der Waals surface area (Å²) in [6.45, 7) is 0.859. The monoisotopic (exact) mass is 222 g/mol. The first kappa shape index (κ1) is 10.8. The van der Waals surface area contributed by atoms with Crippen molar-refractivity contribution in [1.29, 1.82) is 0 Å². The van der Waals surface area contributed by atoms with E-state index in [1.54, 1.807) is 0 Å². The molecule has 6 nitrogen and oxygen atoms in total. The van der Waals surface area contributed by atoms with Gasteiger partial charge in [-0.05, 0) is 12.1 Å². The lowest BCUT2D eigenvalue weighted by atomic mass is 10.3. The minimum absolute atomic E-state index is 0.0265. The molecular weight excluding hydrogens is 208 g/mol. The van der Waals surface area contributed by atoms with Crippen molar-refractivity contribution < 1.29 is 4.92 Å². The molecule has 1 aliphatic heterocycles. The van der Waals surface area contributed by atoms with Crippen LogP contribution in [0.2, 0.25) is 0 Å². The standard InChI is InChI=1S/C10H14N4O2/c15-14(16)10-7-11-9(6-12-10)13-8-4-2-1-3-5-8/h1-5,9-13H,6-7H2. The van der Waals surface area contributed by atoms with Crippen molar-refractivity contribution in [3.05, 3.63) is 40.4 Å². The van der Waals surface area contributed by atoms with Gasteiger partial charge in [0.15, 0.2) is 0 Å². The van der Waals surface area contributed by atoms with Crippen LogP contribution >= 0.6 is 0 Å². The van der Waals surface area contributed by atoms with E-state index in [9.17, 15) is 10.1 Å². The van der Waals surface area contributed by atoms with Crippen LogP contribution in [0.5, 0.6) is 0 Å². The molecule has 1 heterocycles. The van der Waals surface area contributed by atoms with E-state index < -0.39 is 6.17 Å². The topological polar surface area (TPSA) is 79.2 Å². The van der Waals surface area contributed by atoms with Gasteiger partial charge in [0.1, 0.15) is 0 Å². The molecule has 0 radical (unpaired) electrons. The van der Waals surface area contributed by atoms with Gasteiger partial charge in [-0.2, -0.15) is 0 Å². The van der Waals surface area contributed by atoms with Gasteiger partial charge < -0.3 is 5.32 Å². The second-order valence-corrected chi connectivity index (χ2v) is 3.68. The van der Waals surface area contributed by atoms with E-state index >= 15 is 0 Å². The molecule has 1 aromatic rings. The Balaban J connectivity index is 1.84. The Morgan fingerprint density at radius 1 is 1.25 bits per heavy atom. The maximum absolute atomic E-state index is 10.5. The molecule has 1 aromatic carbocycles. The van der Waals surface area contributed by atoms with Gasteiger partial charge in [0.05, 0.1) is 12.7 Å². The molecule has 1 saturated heterocycles. The van der Waals surface area contributed by atoms with Gasteiger partial charge in [0, 0.05) is 17.2 Å². The Kier molecular flexibility index (Phi) is 3.33. The fourth-order valence-corrected chi connectivity index (χ4v) is 1.64. The number of rotatable bonds is 3. The maximum Gasteiger partial charge on any atom is 0.278 e. The molecule has 3 N–H and O–H groups in total. The Hall–Kier alpha value is -1.66. The van der Waals surface area contributed by atoms with Gasteiger partial charge in [-0.1, -0.05) is 18.2 Å². The largest absolute Gasteiger partial charge is 0.369 e. The smallest absolute Gasteiger partial charge is 0.278 e. The summed E-state index contributed by atoms with van der Waals surface area (Å²) in [4.78, 5) is 10.2. The van der Waals surface area contributed by atoms with E-state index in [1.807, 2.05) is 30.3 Å². The van der Waals surface area contributed by atoms with Crippen LogP contribution in [0.15, 0.2) is 30.3 Å². The molecule has 2 unspecified atom stereocenters. The van der Waals surface area contributed by atoms with E-state index in [-0.39, 0.29) is 11.1 Å². The molecule has 2 atom stereocenters. The number of nitro groups is 1. The fourth-order valence-electron chi connectivity index (χ4n) is 1.64. The van der Waals surface area contributed by atoms with Gasteiger partial charge in [0.25, 0.3) is 6.17 Å². The first-order valence-corrected chi connectivity index (χ1v) is 5.17. The van der Waals surface area contributed by atoms with Crippen LogP contribution in [0.25, 0.3) is 0 Å². The number of para-hydroxylation sites is 1. The van der Waals surface area contributed by atoms with Crippen molar-refractivity contribution in [3.63, 3.8) is 0 Å². The number of nitrogens with one attached hydrogen (secondary N) is 3. The highest BCUT2D eigenvalue weighted by atomic mass is 16.6. The molecule has 0 spiro atoms. The number of hydrogen-bond acceptors (Lipinski definition) is 5. The summed E-state index contributed by atoms with van der Waals surface area (Å²) in [5.74, 6) is 0. The van der Waals surface area contributed by atoms with Crippen molar-refractivity contribution in [1.82, 2.24) is 10.6 Å².